The van der Waals surface area contributed by atoms with Crippen molar-refractivity contribution < 1.29 is 23.0 Å². The lowest BCUT2D eigenvalue weighted by Gasteiger charge is -2.07. The molecular weight excluding hydrogens is 229 g/mol. The maximum Gasteiger partial charge on any atom is 0.441 e. The van der Waals surface area contributed by atoms with Crippen LogP contribution in [0.3, 0.4) is 0 Å². The van der Waals surface area contributed by atoms with Crippen LogP contribution in [0.1, 0.15) is 0 Å². The molecule has 0 saturated heterocycles. The van der Waals surface area contributed by atoms with Gasteiger partial charge in [0.1, 0.15) is 11.5 Å². The van der Waals surface area contributed by atoms with E-state index in [-0.39, 0.29) is 29.9 Å². The van der Waals surface area contributed by atoms with E-state index in [1.54, 1.807) is 12.1 Å². The molecule has 0 aromatic heterocycles. The molecule has 0 saturated carbocycles. The molecule has 0 unspecified atom stereocenters. The van der Waals surface area contributed by atoms with Crippen LogP contribution in [0, 0.1) is 0 Å². The minimum absolute atomic E-state index is 0.0241. The standard InChI is InChI=1S/C9H9F3O2S/c10-9(11,12)15-5-4-14-8-3-1-2-7(13)6-8/h1-3,6,13H,4-5H2. The molecule has 0 aliphatic carbocycles. The number of aromatic hydroxyl groups is 1. The zero-order chi connectivity index (χ0) is 11.3. The van der Waals surface area contributed by atoms with Crippen molar-refractivity contribution in [2.45, 2.75) is 5.51 Å². The number of phenolic OH excluding ortho intramolecular Hbond substituents is 1. The van der Waals surface area contributed by atoms with Gasteiger partial charge in [-0.15, -0.1) is 0 Å². The molecule has 0 radical (unpaired) electrons. The van der Waals surface area contributed by atoms with Gasteiger partial charge in [0.15, 0.2) is 0 Å². The molecule has 0 fully saturated rings. The van der Waals surface area contributed by atoms with Crippen molar-refractivity contribution in [2.75, 3.05) is 12.4 Å². The van der Waals surface area contributed by atoms with Crippen molar-refractivity contribution in [1.82, 2.24) is 0 Å². The molecule has 0 bridgehead atoms. The summed E-state index contributed by atoms with van der Waals surface area (Å²) >= 11 is -0.130. The molecule has 2 nitrogen and oxygen atoms in total. The first kappa shape index (κ1) is 12.0. The molecule has 1 aromatic carbocycles. The summed E-state index contributed by atoms with van der Waals surface area (Å²) in [5.74, 6) is 0.216. The molecule has 0 aliphatic rings. The van der Waals surface area contributed by atoms with Crippen LogP contribution in [0.5, 0.6) is 11.5 Å². The van der Waals surface area contributed by atoms with E-state index in [1.807, 2.05) is 0 Å². The van der Waals surface area contributed by atoms with Crippen molar-refractivity contribution in [2.24, 2.45) is 0 Å². The Kier molecular flexibility index (Phi) is 4.14. The first-order valence-electron chi connectivity index (χ1n) is 4.10. The fourth-order valence-electron chi connectivity index (χ4n) is 0.890. The van der Waals surface area contributed by atoms with Crippen LogP contribution in [0.25, 0.3) is 0 Å². The Morgan fingerprint density at radius 3 is 2.67 bits per heavy atom. The third-order valence-electron chi connectivity index (χ3n) is 1.44. The van der Waals surface area contributed by atoms with E-state index in [0.717, 1.165) is 0 Å². The third-order valence-corrected chi connectivity index (χ3v) is 2.13. The normalized spacial score (nSPS) is 11.4. The van der Waals surface area contributed by atoms with E-state index in [0.29, 0.717) is 5.75 Å². The number of rotatable bonds is 4. The Bertz CT molecular complexity index is 314. The zero-order valence-corrected chi connectivity index (χ0v) is 8.44. The van der Waals surface area contributed by atoms with Crippen LogP contribution in [-0.4, -0.2) is 23.0 Å². The number of thioether (sulfide) groups is 1. The Morgan fingerprint density at radius 2 is 2.07 bits per heavy atom. The topological polar surface area (TPSA) is 29.5 Å². The molecule has 15 heavy (non-hydrogen) atoms. The smallest absolute Gasteiger partial charge is 0.441 e. The van der Waals surface area contributed by atoms with Crippen molar-refractivity contribution in [3.8, 4) is 11.5 Å². The van der Waals surface area contributed by atoms with E-state index >= 15 is 0 Å². The number of benzene rings is 1. The summed E-state index contributed by atoms with van der Waals surface area (Å²) in [5.41, 5.74) is -4.22. The van der Waals surface area contributed by atoms with E-state index in [9.17, 15) is 13.2 Å². The van der Waals surface area contributed by atoms with Crippen LogP contribution in [-0.2, 0) is 0 Å². The highest BCUT2D eigenvalue weighted by atomic mass is 32.2. The number of halogens is 3. The largest absolute Gasteiger partial charge is 0.508 e. The van der Waals surface area contributed by atoms with Gasteiger partial charge in [-0.3, -0.25) is 0 Å². The highest BCUT2D eigenvalue weighted by molar-refractivity contribution is 8.00. The second kappa shape index (κ2) is 5.16. The number of hydrogen-bond donors (Lipinski definition) is 1. The predicted octanol–water partition coefficient (Wildman–Crippen LogP) is 3.02. The van der Waals surface area contributed by atoms with Crippen molar-refractivity contribution in [1.29, 1.82) is 0 Å². The Balaban J connectivity index is 2.26. The monoisotopic (exact) mass is 238 g/mol. The Hall–Kier alpha value is -1.04. The number of phenols is 1. The van der Waals surface area contributed by atoms with Crippen molar-refractivity contribution in [3.05, 3.63) is 24.3 Å². The number of alkyl halides is 3. The van der Waals surface area contributed by atoms with E-state index < -0.39 is 5.51 Å². The molecule has 0 aliphatic heterocycles. The molecule has 84 valence electrons. The second-order valence-electron chi connectivity index (χ2n) is 2.64. The highest BCUT2D eigenvalue weighted by Gasteiger charge is 2.27. The summed E-state index contributed by atoms with van der Waals surface area (Å²) in [7, 11) is 0. The molecule has 6 heteroatoms. The summed E-state index contributed by atoms with van der Waals surface area (Å²) in [6.45, 7) is -0.0480. The quantitative estimate of drug-likeness (QED) is 0.817. The van der Waals surface area contributed by atoms with E-state index in [2.05, 4.69) is 0 Å². The van der Waals surface area contributed by atoms with Crippen LogP contribution in [0.2, 0.25) is 0 Å². The molecule has 0 amide bonds. The highest BCUT2D eigenvalue weighted by Crippen LogP contribution is 2.29. The first-order valence-corrected chi connectivity index (χ1v) is 5.08. The minimum atomic E-state index is -4.22. The molecule has 0 heterocycles. The SMILES string of the molecule is Oc1cccc(OCCSC(F)(F)F)c1. The molecule has 1 rings (SSSR count). The Labute approximate surface area is 89.1 Å². The van der Waals surface area contributed by atoms with Gasteiger partial charge in [-0.1, -0.05) is 6.07 Å². The lowest BCUT2D eigenvalue weighted by molar-refractivity contribution is -0.0329. The average molecular weight is 238 g/mol. The van der Waals surface area contributed by atoms with Gasteiger partial charge in [-0.2, -0.15) is 13.2 Å². The van der Waals surface area contributed by atoms with Gasteiger partial charge in [0, 0.05) is 11.8 Å². The fourth-order valence-corrected chi connectivity index (χ4v) is 1.29. The van der Waals surface area contributed by atoms with Crippen LogP contribution in [0.4, 0.5) is 13.2 Å². The van der Waals surface area contributed by atoms with Gasteiger partial charge in [-0.25, -0.2) is 0 Å². The number of hydrogen-bond acceptors (Lipinski definition) is 3. The fraction of sp³-hybridized carbons (Fsp3) is 0.333. The summed E-state index contributed by atoms with van der Waals surface area (Å²) in [6, 6.07) is 5.93. The average Bonchev–Trinajstić information content (AvgIpc) is 2.11. The Morgan fingerprint density at radius 1 is 1.33 bits per heavy atom. The first-order chi connectivity index (χ1) is 6.97. The summed E-state index contributed by atoms with van der Waals surface area (Å²) in [6.07, 6.45) is 0. The predicted molar refractivity (Wildman–Crippen MR) is 52.1 cm³/mol. The van der Waals surface area contributed by atoms with Gasteiger partial charge in [0.2, 0.25) is 0 Å². The van der Waals surface area contributed by atoms with Gasteiger partial charge in [0.05, 0.1) is 6.61 Å². The zero-order valence-electron chi connectivity index (χ0n) is 7.62. The van der Waals surface area contributed by atoms with Gasteiger partial charge in [0.25, 0.3) is 0 Å². The maximum atomic E-state index is 11.7. The lowest BCUT2D eigenvalue weighted by atomic mass is 10.3. The third kappa shape index (κ3) is 5.41. The minimum Gasteiger partial charge on any atom is -0.508 e. The molecular formula is C9H9F3O2S. The van der Waals surface area contributed by atoms with Crippen LogP contribution >= 0.6 is 11.8 Å². The molecule has 1 N–H and O–H groups in total. The van der Waals surface area contributed by atoms with Crippen molar-refractivity contribution >= 4 is 11.8 Å². The molecule has 0 atom stereocenters. The van der Waals surface area contributed by atoms with Gasteiger partial charge >= 0.3 is 5.51 Å². The van der Waals surface area contributed by atoms with E-state index in [1.165, 1.54) is 12.1 Å². The summed E-state index contributed by atoms with van der Waals surface area (Å²) in [4.78, 5) is 0. The summed E-state index contributed by atoms with van der Waals surface area (Å²) in [5, 5.41) is 9.03. The van der Waals surface area contributed by atoms with Crippen molar-refractivity contribution in [3.63, 3.8) is 0 Å². The number of ether oxygens (including phenoxy) is 1. The van der Waals surface area contributed by atoms with Gasteiger partial charge in [-0.05, 0) is 23.9 Å². The van der Waals surface area contributed by atoms with Crippen LogP contribution in [0.15, 0.2) is 24.3 Å². The van der Waals surface area contributed by atoms with E-state index in [4.69, 9.17) is 9.84 Å². The molecule has 0 spiro atoms. The lowest BCUT2D eigenvalue weighted by Crippen LogP contribution is -2.07. The maximum absolute atomic E-state index is 11.7. The molecule has 1 aromatic rings. The second-order valence-corrected chi connectivity index (χ2v) is 3.80. The van der Waals surface area contributed by atoms with Crippen LogP contribution < -0.4 is 4.74 Å². The summed E-state index contributed by atoms with van der Waals surface area (Å²) < 4.78 is 40.1. The van der Waals surface area contributed by atoms with Gasteiger partial charge < -0.3 is 9.84 Å².